The molecule has 0 spiro atoms. The van der Waals surface area contributed by atoms with E-state index in [0.717, 1.165) is 17.1 Å². The van der Waals surface area contributed by atoms with Gasteiger partial charge in [-0.15, -0.1) is 10.2 Å². The molecule has 0 unspecified atom stereocenters. The van der Waals surface area contributed by atoms with E-state index in [2.05, 4.69) is 20.3 Å². The Hall–Kier alpha value is -2.09. The second kappa shape index (κ2) is 5.49. The van der Waals surface area contributed by atoms with Gasteiger partial charge in [0.25, 0.3) is 0 Å². The average molecular weight is 292 g/mol. The lowest BCUT2D eigenvalue weighted by molar-refractivity contribution is 0.318. The minimum Gasteiger partial charge on any atom is -0.409 e. The van der Waals surface area contributed by atoms with E-state index in [9.17, 15) is 0 Å². The van der Waals surface area contributed by atoms with Gasteiger partial charge in [0, 0.05) is 12.7 Å². The van der Waals surface area contributed by atoms with E-state index in [0.29, 0.717) is 15.7 Å². The first kappa shape index (κ1) is 14.3. The molecule has 0 aromatic carbocycles. The zero-order valence-electron chi connectivity index (χ0n) is 11.7. The van der Waals surface area contributed by atoms with E-state index in [-0.39, 0.29) is 5.84 Å². The second-order valence-electron chi connectivity index (χ2n) is 4.44. The highest BCUT2D eigenvalue weighted by Gasteiger charge is 2.17. The number of pyridine rings is 1. The lowest BCUT2D eigenvalue weighted by atomic mass is 10.1. The van der Waals surface area contributed by atoms with Crippen molar-refractivity contribution in [2.24, 2.45) is 17.9 Å². The van der Waals surface area contributed by atoms with Gasteiger partial charge in [0.2, 0.25) is 0 Å². The molecule has 0 bridgehead atoms. The maximum atomic E-state index is 8.92. The molecule has 20 heavy (non-hydrogen) atoms. The van der Waals surface area contributed by atoms with Gasteiger partial charge in [-0.2, -0.15) is 0 Å². The fraction of sp³-hybridized carbons (Fsp3) is 0.333. The van der Waals surface area contributed by atoms with E-state index in [4.69, 9.17) is 10.9 Å². The monoisotopic (exact) mass is 292 g/mol. The van der Waals surface area contributed by atoms with Crippen molar-refractivity contribution in [2.45, 2.75) is 31.0 Å². The molecule has 106 valence electrons. The third-order valence-electron chi connectivity index (χ3n) is 2.92. The second-order valence-corrected chi connectivity index (χ2v) is 5.39. The maximum absolute atomic E-state index is 8.92. The molecule has 0 radical (unpaired) electrons. The molecule has 8 heteroatoms. The smallest absolute Gasteiger partial charge is 0.197 e. The molecule has 2 rings (SSSR count). The van der Waals surface area contributed by atoms with Crippen molar-refractivity contribution < 1.29 is 5.21 Å². The van der Waals surface area contributed by atoms with Crippen LogP contribution < -0.4 is 5.73 Å². The number of amidine groups is 1. The Morgan fingerprint density at radius 3 is 2.60 bits per heavy atom. The summed E-state index contributed by atoms with van der Waals surface area (Å²) in [5.74, 6) is 0.846. The highest BCUT2D eigenvalue weighted by molar-refractivity contribution is 7.99. The SMILES string of the molecule is Cc1cc(C)c(C(N)=NO)c(Sc2nnc(C)n2C)n1. The molecule has 0 aliphatic heterocycles. The van der Waals surface area contributed by atoms with Crippen LogP contribution in [-0.2, 0) is 7.05 Å². The van der Waals surface area contributed by atoms with Crippen LogP contribution in [0.2, 0.25) is 0 Å². The first-order valence-electron chi connectivity index (χ1n) is 5.94. The third kappa shape index (κ3) is 2.60. The molecule has 7 nitrogen and oxygen atoms in total. The van der Waals surface area contributed by atoms with Crippen molar-refractivity contribution in [2.75, 3.05) is 0 Å². The van der Waals surface area contributed by atoms with Gasteiger partial charge in [-0.05, 0) is 44.2 Å². The van der Waals surface area contributed by atoms with Crippen LogP contribution in [0, 0.1) is 20.8 Å². The Kier molecular flexibility index (Phi) is 3.93. The largest absolute Gasteiger partial charge is 0.409 e. The van der Waals surface area contributed by atoms with Gasteiger partial charge in [-0.25, -0.2) is 4.98 Å². The third-order valence-corrected chi connectivity index (χ3v) is 3.94. The van der Waals surface area contributed by atoms with Crippen molar-refractivity contribution >= 4 is 17.6 Å². The van der Waals surface area contributed by atoms with E-state index in [1.165, 1.54) is 11.8 Å². The lowest BCUT2D eigenvalue weighted by Gasteiger charge is -2.11. The molecule has 0 aliphatic rings. The summed E-state index contributed by atoms with van der Waals surface area (Å²) in [6.07, 6.45) is 0. The van der Waals surface area contributed by atoms with Crippen molar-refractivity contribution in [3.63, 3.8) is 0 Å². The number of nitrogens with two attached hydrogens (primary N) is 1. The van der Waals surface area contributed by atoms with Gasteiger partial charge >= 0.3 is 0 Å². The molecule has 0 saturated carbocycles. The highest BCUT2D eigenvalue weighted by Crippen LogP contribution is 2.29. The molecular weight excluding hydrogens is 276 g/mol. The maximum Gasteiger partial charge on any atom is 0.197 e. The van der Waals surface area contributed by atoms with Crippen LogP contribution in [0.15, 0.2) is 21.4 Å². The number of nitrogens with zero attached hydrogens (tertiary/aromatic N) is 5. The number of aromatic nitrogens is 4. The van der Waals surface area contributed by atoms with Crippen LogP contribution in [0.4, 0.5) is 0 Å². The minimum atomic E-state index is 0.0383. The van der Waals surface area contributed by atoms with Crippen LogP contribution in [-0.4, -0.2) is 30.8 Å². The van der Waals surface area contributed by atoms with Crippen molar-refractivity contribution in [3.05, 3.63) is 28.7 Å². The Balaban J connectivity index is 2.53. The van der Waals surface area contributed by atoms with Gasteiger partial charge in [-0.3, -0.25) is 0 Å². The van der Waals surface area contributed by atoms with Crippen LogP contribution in [0.25, 0.3) is 0 Å². The molecular formula is C12H16N6OS. The van der Waals surface area contributed by atoms with Gasteiger partial charge in [0.1, 0.15) is 10.9 Å². The number of rotatable bonds is 3. The summed E-state index contributed by atoms with van der Waals surface area (Å²) in [7, 11) is 1.88. The van der Waals surface area contributed by atoms with Gasteiger partial charge < -0.3 is 15.5 Å². The number of oxime groups is 1. The van der Waals surface area contributed by atoms with Crippen molar-refractivity contribution in [1.29, 1.82) is 0 Å². The minimum absolute atomic E-state index is 0.0383. The lowest BCUT2D eigenvalue weighted by Crippen LogP contribution is -2.17. The Morgan fingerprint density at radius 2 is 2.05 bits per heavy atom. The van der Waals surface area contributed by atoms with E-state index in [1.54, 1.807) is 0 Å². The number of hydrogen-bond acceptors (Lipinski definition) is 6. The zero-order chi connectivity index (χ0) is 14.9. The van der Waals surface area contributed by atoms with Crippen LogP contribution in [0.1, 0.15) is 22.6 Å². The zero-order valence-corrected chi connectivity index (χ0v) is 12.6. The van der Waals surface area contributed by atoms with Crippen LogP contribution in [0.5, 0.6) is 0 Å². The first-order valence-corrected chi connectivity index (χ1v) is 6.75. The number of aryl methyl sites for hydroxylation is 3. The van der Waals surface area contributed by atoms with Crippen LogP contribution >= 0.6 is 11.8 Å². The Bertz CT molecular complexity index is 679. The summed E-state index contributed by atoms with van der Waals surface area (Å²) >= 11 is 1.34. The highest BCUT2D eigenvalue weighted by atomic mass is 32.2. The molecule has 0 saturated heterocycles. The van der Waals surface area contributed by atoms with Gasteiger partial charge in [0.05, 0.1) is 5.56 Å². The van der Waals surface area contributed by atoms with Crippen LogP contribution in [0.3, 0.4) is 0 Å². The Labute approximate surface area is 120 Å². The van der Waals surface area contributed by atoms with Gasteiger partial charge in [0.15, 0.2) is 11.0 Å². The summed E-state index contributed by atoms with van der Waals surface area (Å²) in [5.41, 5.74) is 8.12. The standard InChI is InChI=1S/C12H16N6OS/c1-6-5-7(2)14-11(9(6)10(13)17-19)20-12-16-15-8(3)18(12)4/h5,19H,1-4H3,(H2,13,17). The summed E-state index contributed by atoms with van der Waals surface area (Å²) in [5, 5.41) is 21.4. The molecule has 2 aromatic rings. The van der Waals surface area contributed by atoms with Gasteiger partial charge in [-0.1, -0.05) is 5.16 Å². The molecule has 2 aromatic heterocycles. The van der Waals surface area contributed by atoms with Crippen molar-refractivity contribution in [3.8, 4) is 0 Å². The molecule has 0 atom stereocenters. The topological polar surface area (TPSA) is 102 Å². The summed E-state index contributed by atoms with van der Waals surface area (Å²) in [4.78, 5) is 4.46. The predicted molar refractivity (Wildman–Crippen MR) is 76.1 cm³/mol. The molecule has 0 aliphatic carbocycles. The summed E-state index contributed by atoms with van der Waals surface area (Å²) in [6.45, 7) is 5.67. The first-order chi connectivity index (χ1) is 9.43. The predicted octanol–water partition coefficient (Wildman–Crippen LogP) is 1.38. The fourth-order valence-corrected chi connectivity index (χ4v) is 2.88. The van der Waals surface area contributed by atoms with E-state index < -0.39 is 0 Å². The fourth-order valence-electron chi connectivity index (χ4n) is 1.80. The molecule has 3 N–H and O–H groups in total. The molecule has 0 amide bonds. The molecule has 2 heterocycles. The number of hydrogen-bond donors (Lipinski definition) is 2. The Morgan fingerprint density at radius 1 is 1.35 bits per heavy atom. The van der Waals surface area contributed by atoms with E-state index in [1.807, 2.05) is 38.5 Å². The summed E-state index contributed by atoms with van der Waals surface area (Å²) < 4.78 is 1.86. The van der Waals surface area contributed by atoms with E-state index >= 15 is 0 Å². The quantitative estimate of drug-likeness (QED) is 0.383. The normalized spacial score (nSPS) is 11.9. The van der Waals surface area contributed by atoms with Crippen molar-refractivity contribution in [1.82, 2.24) is 19.7 Å². The average Bonchev–Trinajstić information content (AvgIpc) is 2.69. The summed E-state index contributed by atoms with van der Waals surface area (Å²) in [6, 6.07) is 1.89. The molecule has 0 fully saturated rings.